The van der Waals surface area contributed by atoms with Gasteiger partial charge in [0.25, 0.3) is 0 Å². The van der Waals surface area contributed by atoms with E-state index in [1.807, 2.05) is 27.0 Å². The lowest BCUT2D eigenvalue weighted by Gasteiger charge is -2.22. The van der Waals surface area contributed by atoms with Crippen LogP contribution in [0.3, 0.4) is 0 Å². The van der Waals surface area contributed by atoms with E-state index in [9.17, 15) is 4.79 Å². The molecule has 0 unspecified atom stereocenters. The Morgan fingerprint density at radius 1 is 1.53 bits per heavy atom. The molecule has 0 spiro atoms. The van der Waals surface area contributed by atoms with Gasteiger partial charge in [-0.3, -0.25) is 9.89 Å². The fraction of sp³-hybridized carbons (Fsp3) is 0.667. The summed E-state index contributed by atoms with van der Waals surface area (Å²) in [6.45, 7) is 6.42. The Kier molecular flexibility index (Phi) is 4.69. The van der Waals surface area contributed by atoms with Gasteiger partial charge in [0, 0.05) is 12.2 Å². The highest BCUT2D eigenvalue weighted by atomic mass is 16.2. The minimum atomic E-state index is -0.508. The average molecular weight is 238 g/mol. The van der Waals surface area contributed by atoms with Crippen LogP contribution in [0.25, 0.3) is 0 Å². The average Bonchev–Trinajstić information content (AvgIpc) is 2.70. The van der Waals surface area contributed by atoms with Gasteiger partial charge in [-0.25, -0.2) is 0 Å². The molecule has 0 aromatic carbocycles. The van der Waals surface area contributed by atoms with E-state index in [1.165, 1.54) is 5.56 Å². The first kappa shape index (κ1) is 13.7. The zero-order valence-corrected chi connectivity index (χ0v) is 11.1. The van der Waals surface area contributed by atoms with Crippen molar-refractivity contribution in [2.75, 3.05) is 13.6 Å². The zero-order chi connectivity index (χ0) is 12.9. The second-order valence-corrected chi connectivity index (χ2v) is 4.75. The summed E-state index contributed by atoms with van der Waals surface area (Å²) in [5.41, 5.74) is 1.81. The highest BCUT2D eigenvalue weighted by Crippen LogP contribution is 2.05. The molecule has 0 saturated carbocycles. The van der Waals surface area contributed by atoms with Crippen molar-refractivity contribution in [2.24, 2.45) is 0 Å². The van der Waals surface area contributed by atoms with Crippen molar-refractivity contribution >= 4 is 5.91 Å². The number of H-pyrrole nitrogens is 1. The molecule has 1 aromatic rings. The van der Waals surface area contributed by atoms with Gasteiger partial charge in [-0.15, -0.1) is 0 Å². The van der Waals surface area contributed by atoms with Crippen molar-refractivity contribution in [1.29, 1.82) is 0 Å². The topological polar surface area (TPSA) is 69.8 Å². The summed E-state index contributed by atoms with van der Waals surface area (Å²) < 4.78 is 0. The number of amides is 1. The van der Waals surface area contributed by atoms with Crippen LogP contribution in [0.15, 0.2) is 6.20 Å². The van der Waals surface area contributed by atoms with Gasteiger partial charge in [0.2, 0.25) is 5.91 Å². The van der Waals surface area contributed by atoms with Crippen LogP contribution in [0.2, 0.25) is 0 Å². The van der Waals surface area contributed by atoms with Crippen molar-refractivity contribution in [3.8, 4) is 0 Å². The van der Waals surface area contributed by atoms with Gasteiger partial charge < -0.3 is 10.6 Å². The largest absolute Gasteiger partial charge is 0.355 e. The lowest BCUT2D eigenvalue weighted by Crippen LogP contribution is -2.51. The number of carbonyl (C=O) groups excluding carboxylic acids is 1. The van der Waals surface area contributed by atoms with Gasteiger partial charge in [-0.2, -0.15) is 5.10 Å². The Morgan fingerprint density at radius 3 is 2.76 bits per heavy atom. The van der Waals surface area contributed by atoms with Crippen LogP contribution < -0.4 is 10.6 Å². The maximum Gasteiger partial charge on any atom is 0.239 e. The highest BCUT2D eigenvalue weighted by molar-refractivity contribution is 5.85. The van der Waals surface area contributed by atoms with Crippen LogP contribution in [0.5, 0.6) is 0 Å². The first-order valence-corrected chi connectivity index (χ1v) is 5.93. The maximum absolute atomic E-state index is 11.7. The molecular weight excluding hydrogens is 216 g/mol. The number of rotatable bonds is 6. The fourth-order valence-corrected chi connectivity index (χ4v) is 1.44. The molecule has 0 aliphatic rings. The molecule has 3 N–H and O–H groups in total. The summed E-state index contributed by atoms with van der Waals surface area (Å²) in [7, 11) is 1.79. The molecule has 0 radical (unpaired) electrons. The number of nitrogens with zero attached hydrogens (tertiary/aromatic N) is 1. The van der Waals surface area contributed by atoms with E-state index in [2.05, 4.69) is 20.8 Å². The van der Waals surface area contributed by atoms with Crippen LogP contribution in [0.4, 0.5) is 0 Å². The van der Waals surface area contributed by atoms with Gasteiger partial charge in [-0.05, 0) is 46.2 Å². The molecule has 1 aromatic heterocycles. The van der Waals surface area contributed by atoms with E-state index in [0.29, 0.717) is 6.54 Å². The minimum absolute atomic E-state index is 0.0314. The number of likely N-dealkylation sites (N-methyl/N-ethyl adjacent to an activating group) is 1. The molecular formula is C12H22N4O. The fourth-order valence-electron chi connectivity index (χ4n) is 1.44. The number of hydrogen-bond donors (Lipinski definition) is 3. The third kappa shape index (κ3) is 3.85. The van der Waals surface area contributed by atoms with Crippen molar-refractivity contribution in [1.82, 2.24) is 20.8 Å². The van der Waals surface area contributed by atoms with Crippen molar-refractivity contribution in [2.45, 2.75) is 39.2 Å². The molecule has 0 fully saturated rings. The molecule has 1 amide bonds. The SMILES string of the molecule is CNC(C)(C)C(=O)NCCCc1cn[nH]c1C. The normalized spacial score (nSPS) is 11.5. The summed E-state index contributed by atoms with van der Waals surface area (Å²) >= 11 is 0. The molecule has 5 nitrogen and oxygen atoms in total. The van der Waals surface area contributed by atoms with E-state index >= 15 is 0 Å². The molecule has 0 bridgehead atoms. The molecule has 0 saturated heterocycles. The Hall–Kier alpha value is -1.36. The molecule has 1 heterocycles. The van der Waals surface area contributed by atoms with Gasteiger partial charge in [0.15, 0.2) is 0 Å². The standard InChI is InChI=1S/C12H22N4O/c1-9-10(8-15-16-9)6-5-7-14-11(17)12(2,3)13-4/h8,13H,5-7H2,1-4H3,(H,14,17)(H,15,16). The van der Waals surface area contributed by atoms with E-state index in [1.54, 1.807) is 7.05 Å². The monoisotopic (exact) mass is 238 g/mol. The molecule has 96 valence electrons. The number of carbonyl (C=O) groups is 1. The number of hydrogen-bond acceptors (Lipinski definition) is 3. The molecule has 5 heteroatoms. The molecule has 1 rings (SSSR count). The van der Waals surface area contributed by atoms with Crippen LogP contribution in [-0.2, 0) is 11.2 Å². The molecule has 0 aliphatic heterocycles. The van der Waals surface area contributed by atoms with Crippen LogP contribution in [-0.4, -0.2) is 35.2 Å². The number of aromatic nitrogens is 2. The maximum atomic E-state index is 11.7. The van der Waals surface area contributed by atoms with E-state index in [4.69, 9.17) is 0 Å². The summed E-state index contributed by atoms with van der Waals surface area (Å²) in [5, 5.41) is 12.8. The minimum Gasteiger partial charge on any atom is -0.355 e. The lowest BCUT2D eigenvalue weighted by atomic mass is 10.1. The Bertz CT molecular complexity index is 370. The van der Waals surface area contributed by atoms with Crippen molar-refractivity contribution in [3.63, 3.8) is 0 Å². The van der Waals surface area contributed by atoms with Crippen molar-refractivity contribution in [3.05, 3.63) is 17.5 Å². The van der Waals surface area contributed by atoms with Gasteiger partial charge >= 0.3 is 0 Å². The smallest absolute Gasteiger partial charge is 0.239 e. The summed E-state index contributed by atoms with van der Waals surface area (Å²) in [6, 6.07) is 0. The quantitative estimate of drug-likeness (QED) is 0.641. The number of aromatic amines is 1. The number of nitrogens with one attached hydrogen (secondary N) is 3. The summed E-state index contributed by atoms with van der Waals surface area (Å²) in [6.07, 6.45) is 3.70. The predicted octanol–water partition coefficient (Wildman–Crippen LogP) is 0.765. The molecule has 0 aliphatic carbocycles. The van der Waals surface area contributed by atoms with Crippen LogP contribution in [0.1, 0.15) is 31.5 Å². The van der Waals surface area contributed by atoms with Gasteiger partial charge in [0.1, 0.15) is 0 Å². The number of aryl methyl sites for hydroxylation is 2. The molecule has 17 heavy (non-hydrogen) atoms. The van der Waals surface area contributed by atoms with Gasteiger partial charge in [-0.1, -0.05) is 0 Å². The lowest BCUT2D eigenvalue weighted by molar-refractivity contribution is -0.126. The second-order valence-electron chi connectivity index (χ2n) is 4.75. The first-order valence-electron chi connectivity index (χ1n) is 5.93. The predicted molar refractivity (Wildman–Crippen MR) is 67.8 cm³/mol. The Morgan fingerprint density at radius 2 is 2.24 bits per heavy atom. The summed E-state index contributed by atoms with van der Waals surface area (Å²) in [5.74, 6) is 0.0314. The first-order chi connectivity index (χ1) is 7.97. The third-order valence-electron chi connectivity index (χ3n) is 3.04. The highest BCUT2D eigenvalue weighted by Gasteiger charge is 2.24. The van der Waals surface area contributed by atoms with Crippen molar-refractivity contribution < 1.29 is 4.79 Å². The van der Waals surface area contributed by atoms with Gasteiger partial charge in [0.05, 0.1) is 11.7 Å². The van der Waals surface area contributed by atoms with Crippen LogP contribution >= 0.6 is 0 Å². The summed E-state index contributed by atoms with van der Waals surface area (Å²) in [4.78, 5) is 11.7. The van der Waals surface area contributed by atoms with E-state index in [0.717, 1.165) is 18.5 Å². The third-order valence-corrected chi connectivity index (χ3v) is 3.04. The molecule has 0 atom stereocenters. The van der Waals surface area contributed by atoms with E-state index < -0.39 is 5.54 Å². The zero-order valence-electron chi connectivity index (χ0n) is 11.1. The van der Waals surface area contributed by atoms with Crippen LogP contribution in [0, 0.1) is 6.92 Å². The Balaban J connectivity index is 2.25. The second kappa shape index (κ2) is 5.82. The van der Waals surface area contributed by atoms with E-state index in [-0.39, 0.29) is 5.91 Å². The Labute approximate surface area is 102 Å².